The summed E-state index contributed by atoms with van der Waals surface area (Å²) in [5, 5.41) is 13.0. The van der Waals surface area contributed by atoms with E-state index >= 15 is 0 Å². The molecule has 0 fully saturated rings. The van der Waals surface area contributed by atoms with E-state index in [4.69, 9.17) is 4.74 Å². The van der Waals surface area contributed by atoms with E-state index in [0.29, 0.717) is 6.42 Å². The minimum Gasteiger partial charge on any atom is -0.508 e. The van der Waals surface area contributed by atoms with Gasteiger partial charge < -0.3 is 15.3 Å². The van der Waals surface area contributed by atoms with Crippen LogP contribution in [0.15, 0.2) is 46.5 Å². The maximum absolute atomic E-state index is 12.3. The Morgan fingerprint density at radius 2 is 1.70 bits per heavy atom. The first kappa shape index (κ1) is 30.0. The smallest absolute Gasteiger partial charge is 0.411 e. The first-order valence-electron chi connectivity index (χ1n) is 11.2. The van der Waals surface area contributed by atoms with Gasteiger partial charge in [-0.25, -0.2) is 10.2 Å². The second-order valence-electron chi connectivity index (χ2n) is 6.81. The van der Waals surface area contributed by atoms with E-state index in [9.17, 15) is 9.90 Å². The van der Waals surface area contributed by atoms with Gasteiger partial charge in [-0.05, 0) is 57.3 Å². The molecular formula is C24H45N3O3. The first-order chi connectivity index (χ1) is 14.3. The zero-order valence-electron chi connectivity index (χ0n) is 20.6. The second kappa shape index (κ2) is 18.8. The number of nitrogens with one attached hydrogen (secondary N) is 3. The lowest BCUT2D eigenvalue weighted by Gasteiger charge is -2.19. The largest absolute Gasteiger partial charge is 0.508 e. The molecule has 0 aromatic heterocycles. The molecule has 0 bridgehead atoms. The summed E-state index contributed by atoms with van der Waals surface area (Å²) in [6.45, 7) is 15.8. The van der Waals surface area contributed by atoms with Crippen molar-refractivity contribution >= 4 is 6.09 Å². The average molecular weight is 424 g/mol. The molecule has 0 aromatic rings. The monoisotopic (exact) mass is 423 g/mol. The summed E-state index contributed by atoms with van der Waals surface area (Å²) in [7, 11) is 1.76. The zero-order chi connectivity index (χ0) is 23.5. The summed E-state index contributed by atoms with van der Waals surface area (Å²) in [6, 6.07) is 0. The third-order valence-corrected chi connectivity index (χ3v) is 4.11. The summed E-state index contributed by atoms with van der Waals surface area (Å²) >= 11 is 0. The van der Waals surface area contributed by atoms with Crippen LogP contribution in [0.5, 0.6) is 0 Å². The van der Waals surface area contributed by atoms with Crippen molar-refractivity contribution in [2.75, 3.05) is 7.05 Å². The fraction of sp³-hybridized carbons (Fsp3) is 0.625. The van der Waals surface area contributed by atoms with Crippen LogP contribution in [-0.4, -0.2) is 24.4 Å². The van der Waals surface area contributed by atoms with Crippen molar-refractivity contribution in [2.45, 2.75) is 93.6 Å². The van der Waals surface area contributed by atoms with Gasteiger partial charge in [0.05, 0.1) is 5.70 Å². The van der Waals surface area contributed by atoms with Gasteiger partial charge in [0.1, 0.15) is 11.9 Å². The maximum Gasteiger partial charge on any atom is 0.411 e. The third-order valence-electron chi connectivity index (χ3n) is 4.11. The predicted octanol–water partition coefficient (Wildman–Crippen LogP) is 6.41. The van der Waals surface area contributed by atoms with Crippen molar-refractivity contribution < 1.29 is 14.6 Å². The predicted molar refractivity (Wildman–Crippen MR) is 128 cm³/mol. The fourth-order valence-electron chi connectivity index (χ4n) is 2.67. The molecule has 0 saturated carbocycles. The van der Waals surface area contributed by atoms with Crippen molar-refractivity contribution in [1.82, 2.24) is 16.2 Å². The first-order valence-corrected chi connectivity index (χ1v) is 11.2. The summed E-state index contributed by atoms with van der Waals surface area (Å²) < 4.78 is 5.42. The van der Waals surface area contributed by atoms with Gasteiger partial charge in [-0.1, -0.05) is 59.6 Å². The number of carbonyl (C=O) groups is 1. The van der Waals surface area contributed by atoms with Crippen LogP contribution in [0.25, 0.3) is 0 Å². The molecule has 0 heterocycles. The summed E-state index contributed by atoms with van der Waals surface area (Å²) in [5.74, 6) is 0.225. The van der Waals surface area contributed by atoms with Crippen molar-refractivity contribution in [1.29, 1.82) is 0 Å². The van der Waals surface area contributed by atoms with Crippen LogP contribution in [-0.2, 0) is 4.74 Å². The highest BCUT2D eigenvalue weighted by atomic mass is 16.6. The van der Waals surface area contributed by atoms with E-state index in [1.54, 1.807) is 13.1 Å². The minimum atomic E-state index is -0.451. The van der Waals surface area contributed by atoms with Gasteiger partial charge >= 0.3 is 6.09 Å². The van der Waals surface area contributed by atoms with Crippen LogP contribution >= 0.6 is 0 Å². The molecule has 30 heavy (non-hydrogen) atoms. The lowest BCUT2D eigenvalue weighted by atomic mass is 10.1. The topological polar surface area (TPSA) is 82.6 Å². The Labute approximate surface area is 184 Å². The molecule has 1 amide bonds. The molecule has 6 heteroatoms. The number of carbonyl (C=O) groups excluding carboxylic acids is 1. The van der Waals surface area contributed by atoms with Gasteiger partial charge in [0, 0.05) is 12.7 Å². The van der Waals surface area contributed by atoms with E-state index in [2.05, 4.69) is 23.1 Å². The van der Waals surface area contributed by atoms with E-state index in [-0.39, 0.29) is 11.9 Å². The lowest BCUT2D eigenvalue weighted by molar-refractivity contribution is 0.104. The standard InChI is InChI=1S/C22H39N3O3.C2H6/c1-8-11-16(4)20(26)15-14-17(5)21(25-23-7)19(13-10-3)24-22(27)28-18(6)12-9-2;1-2/h11,14-15,18,23,25-26H,8-10,12-13H2,1-7H3,(H,24,27);1-2H3/b16-11+,17-14+,20-15+,21-19+;. The molecule has 0 rings (SSSR count). The second-order valence-corrected chi connectivity index (χ2v) is 6.81. The molecule has 1 atom stereocenters. The van der Waals surface area contributed by atoms with E-state index < -0.39 is 6.09 Å². The zero-order valence-corrected chi connectivity index (χ0v) is 20.6. The van der Waals surface area contributed by atoms with Gasteiger partial charge in [-0.15, -0.1) is 0 Å². The minimum absolute atomic E-state index is 0.126. The number of aliphatic hydroxyl groups excluding tert-OH is 1. The summed E-state index contributed by atoms with van der Waals surface area (Å²) in [5.41, 5.74) is 9.21. The van der Waals surface area contributed by atoms with Crippen LogP contribution in [0.4, 0.5) is 4.79 Å². The number of hydrogen-bond acceptors (Lipinski definition) is 5. The Kier molecular flexibility index (Phi) is 18.8. The van der Waals surface area contributed by atoms with Crippen molar-refractivity contribution in [2.24, 2.45) is 0 Å². The highest BCUT2D eigenvalue weighted by Crippen LogP contribution is 2.16. The Morgan fingerprint density at radius 1 is 1.07 bits per heavy atom. The molecule has 0 aromatic carbocycles. The number of rotatable bonds is 12. The average Bonchev–Trinajstić information content (AvgIpc) is 2.71. The van der Waals surface area contributed by atoms with Gasteiger partial charge in [0.15, 0.2) is 0 Å². The number of alkyl carbamates (subject to hydrolysis) is 1. The van der Waals surface area contributed by atoms with Gasteiger partial charge in [-0.2, -0.15) is 0 Å². The molecule has 174 valence electrons. The van der Waals surface area contributed by atoms with Gasteiger partial charge in [0.2, 0.25) is 0 Å². The molecule has 4 N–H and O–H groups in total. The Bertz CT molecular complexity index is 605. The van der Waals surface area contributed by atoms with Crippen LogP contribution in [0.3, 0.4) is 0 Å². The number of hydrogen-bond donors (Lipinski definition) is 4. The lowest BCUT2D eigenvalue weighted by Crippen LogP contribution is -2.34. The summed E-state index contributed by atoms with van der Waals surface area (Å²) in [4.78, 5) is 12.3. The molecule has 0 aliphatic rings. The molecule has 0 radical (unpaired) electrons. The Balaban J connectivity index is 0. The van der Waals surface area contributed by atoms with Crippen LogP contribution in [0.2, 0.25) is 0 Å². The SMILES string of the molecule is CC.CC/C=C(C)/C(O)=C\C=C(C)\C(NNC)=C(\CCC)NC(=O)OC(C)CCC. The number of aliphatic hydroxyl groups is 1. The van der Waals surface area contributed by atoms with Crippen LogP contribution < -0.4 is 16.2 Å². The quantitative estimate of drug-likeness (QED) is 0.166. The molecule has 0 saturated heterocycles. The number of allylic oxidation sites excluding steroid dienone is 6. The molecular weight excluding hydrogens is 378 g/mol. The molecule has 0 aliphatic heterocycles. The van der Waals surface area contributed by atoms with E-state index in [1.807, 2.05) is 60.6 Å². The molecule has 0 spiro atoms. The van der Waals surface area contributed by atoms with Gasteiger partial charge in [-0.3, -0.25) is 5.32 Å². The van der Waals surface area contributed by atoms with E-state index in [0.717, 1.165) is 48.2 Å². The highest BCUT2D eigenvalue weighted by molar-refractivity contribution is 5.70. The Morgan fingerprint density at radius 3 is 2.20 bits per heavy atom. The highest BCUT2D eigenvalue weighted by Gasteiger charge is 2.14. The van der Waals surface area contributed by atoms with Crippen LogP contribution in [0, 0.1) is 0 Å². The third kappa shape index (κ3) is 13.1. The van der Waals surface area contributed by atoms with Gasteiger partial charge in [0.25, 0.3) is 0 Å². The molecule has 1 unspecified atom stereocenters. The molecule has 6 nitrogen and oxygen atoms in total. The van der Waals surface area contributed by atoms with E-state index in [1.165, 1.54) is 0 Å². The summed E-state index contributed by atoms with van der Waals surface area (Å²) in [6.07, 6.45) is 9.07. The number of ether oxygens (including phenoxy) is 1. The van der Waals surface area contributed by atoms with Crippen LogP contribution in [0.1, 0.15) is 87.5 Å². The number of hydrazine groups is 1. The maximum atomic E-state index is 12.3. The number of amides is 1. The van der Waals surface area contributed by atoms with Crippen molar-refractivity contribution in [3.05, 3.63) is 46.5 Å². The fourth-order valence-corrected chi connectivity index (χ4v) is 2.67. The van der Waals surface area contributed by atoms with Crippen molar-refractivity contribution in [3.8, 4) is 0 Å². The molecule has 0 aliphatic carbocycles. The Hall–Kier alpha value is -2.21. The normalized spacial score (nSPS) is 14.2. The van der Waals surface area contributed by atoms with Crippen molar-refractivity contribution in [3.63, 3.8) is 0 Å².